The number of methoxy groups -OCH3 is 1. The van der Waals surface area contributed by atoms with Crippen LogP contribution in [0.25, 0.3) is 0 Å². The van der Waals surface area contributed by atoms with Gasteiger partial charge in [-0.05, 0) is 24.1 Å². The van der Waals surface area contributed by atoms with Crippen molar-refractivity contribution in [2.75, 3.05) is 13.7 Å². The second-order valence-corrected chi connectivity index (χ2v) is 5.95. The summed E-state index contributed by atoms with van der Waals surface area (Å²) in [7, 11) is 1.30. The summed E-state index contributed by atoms with van der Waals surface area (Å²) in [5, 5.41) is 0. The molecule has 0 N–H and O–H groups in total. The Kier molecular flexibility index (Phi) is 4.92. The van der Waals surface area contributed by atoms with Gasteiger partial charge in [0.15, 0.2) is 0 Å². The first kappa shape index (κ1) is 16.9. The molecular formula is C18H19N3O4. The number of nitrogens with zero attached hydrogens (tertiary/aromatic N) is 3. The summed E-state index contributed by atoms with van der Waals surface area (Å²) in [6, 6.07) is 6.52. The Labute approximate surface area is 144 Å². The number of aromatic nitrogens is 2. The molecule has 0 bridgehead atoms. The molecule has 130 valence electrons. The van der Waals surface area contributed by atoms with Gasteiger partial charge in [-0.25, -0.2) is 4.79 Å². The van der Waals surface area contributed by atoms with Gasteiger partial charge >= 0.3 is 5.97 Å². The number of hydrogen-bond donors (Lipinski definition) is 0. The topological polar surface area (TPSA) is 81.5 Å². The van der Waals surface area contributed by atoms with E-state index in [1.807, 2.05) is 12.1 Å². The Bertz CT molecular complexity index is 842. The minimum absolute atomic E-state index is 0.164. The molecule has 3 heterocycles. The fourth-order valence-electron chi connectivity index (χ4n) is 2.80. The monoisotopic (exact) mass is 341 g/mol. The van der Waals surface area contributed by atoms with Crippen LogP contribution in [-0.2, 0) is 22.6 Å². The van der Waals surface area contributed by atoms with Gasteiger partial charge in [0.05, 0.1) is 31.5 Å². The van der Waals surface area contributed by atoms with Crippen molar-refractivity contribution in [3.05, 3.63) is 63.8 Å². The number of pyridine rings is 2. The van der Waals surface area contributed by atoms with Crippen LogP contribution in [0.2, 0.25) is 0 Å². The second-order valence-electron chi connectivity index (χ2n) is 5.95. The summed E-state index contributed by atoms with van der Waals surface area (Å²) in [4.78, 5) is 41.4. The lowest BCUT2D eigenvalue weighted by Crippen LogP contribution is -2.24. The zero-order valence-electron chi connectivity index (χ0n) is 14.0. The van der Waals surface area contributed by atoms with E-state index in [1.165, 1.54) is 30.0 Å². The van der Waals surface area contributed by atoms with Crippen molar-refractivity contribution >= 4 is 11.9 Å². The number of amides is 1. The van der Waals surface area contributed by atoms with E-state index in [4.69, 9.17) is 0 Å². The second kappa shape index (κ2) is 7.29. The lowest BCUT2D eigenvalue weighted by atomic mass is 10.2. The minimum atomic E-state index is -0.488. The average molecular weight is 341 g/mol. The van der Waals surface area contributed by atoms with Crippen LogP contribution in [0.1, 0.15) is 34.5 Å². The zero-order valence-corrected chi connectivity index (χ0v) is 14.0. The lowest BCUT2D eigenvalue weighted by molar-refractivity contribution is -0.128. The summed E-state index contributed by atoms with van der Waals surface area (Å²) < 4.78 is 6.11. The first-order valence-corrected chi connectivity index (χ1v) is 8.07. The lowest BCUT2D eigenvalue weighted by Gasteiger charge is -2.15. The largest absolute Gasteiger partial charge is 0.465 e. The molecule has 0 spiro atoms. The highest BCUT2D eigenvalue weighted by atomic mass is 16.5. The molecule has 0 atom stereocenters. The normalized spacial score (nSPS) is 14.0. The smallest absolute Gasteiger partial charge is 0.339 e. The van der Waals surface area contributed by atoms with Gasteiger partial charge in [0, 0.05) is 31.4 Å². The van der Waals surface area contributed by atoms with Gasteiger partial charge in [-0.1, -0.05) is 6.07 Å². The Morgan fingerprint density at radius 1 is 1.20 bits per heavy atom. The van der Waals surface area contributed by atoms with Crippen LogP contribution in [0.15, 0.2) is 41.5 Å². The number of esters is 1. The third kappa shape index (κ3) is 3.93. The number of ether oxygens (including phenoxy) is 1. The molecule has 1 aliphatic rings. The molecule has 0 saturated carbocycles. The van der Waals surface area contributed by atoms with Crippen LogP contribution in [0, 0.1) is 0 Å². The van der Waals surface area contributed by atoms with Gasteiger partial charge in [-0.3, -0.25) is 14.6 Å². The molecule has 25 heavy (non-hydrogen) atoms. The number of hydrogen-bond acceptors (Lipinski definition) is 5. The predicted molar refractivity (Wildman–Crippen MR) is 90.0 cm³/mol. The molecule has 0 radical (unpaired) electrons. The average Bonchev–Trinajstić information content (AvgIpc) is 3.02. The van der Waals surface area contributed by atoms with Crippen LogP contribution in [-0.4, -0.2) is 40.0 Å². The van der Waals surface area contributed by atoms with Crippen LogP contribution in [0.3, 0.4) is 0 Å². The van der Waals surface area contributed by atoms with Crippen molar-refractivity contribution in [3.8, 4) is 0 Å². The van der Waals surface area contributed by atoms with Crippen LogP contribution in [0.5, 0.6) is 0 Å². The zero-order chi connectivity index (χ0) is 17.8. The molecule has 1 aliphatic heterocycles. The number of likely N-dealkylation sites (tertiary alicyclic amines) is 1. The molecule has 2 aromatic rings. The molecule has 2 aromatic heterocycles. The highest BCUT2D eigenvalue weighted by Gasteiger charge is 2.20. The molecule has 1 saturated heterocycles. The number of carbonyl (C=O) groups is 2. The molecule has 0 aromatic carbocycles. The van der Waals surface area contributed by atoms with Gasteiger partial charge < -0.3 is 14.2 Å². The highest BCUT2D eigenvalue weighted by molar-refractivity contribution is 5.88. The SMILES string of the molecule is COC(=O)c1ccc(=O)n(Cc2ccc(CN3CCCC3=O)nc2)c1. The third-order valence-corrected chi connectivity index (χ3v) is 4.17. The van der Waals surface area contributed by atoms with Gasteiger partial charge in [0.25, 0.3) is 5.56 Å². The van der Waals surface area contributed by atoms with E-state index >= 15 is 0 Å². The third-order valence-electron chi connectivity index (χ3n) is 4.17. The first-order chi connectivity index (χ1) is 12.1. The number of rotatable bonds is 5. The van der Waals surface area contributed by atoms with Gasteiger partial charge in [0.2, 0.25) is 5.91 Å². The van der Waals surface area contributed by atoms with E-state index in [0.29, 0.717) is 25.1 Å². The van der Waals surface area contributed by atoms with E-state index in [1.54, 1.807) is 11.1 Å². The maximum atomic E-state index is 12.0. The van der Waals surface area contributed by atoms with E-state index in [9.17, 15) is 14.4 Å². The standard InChI is InChI=1S/C18H19N3O4/c1-25-18(24)14-5-7-17(23)21(11-14)10-13-4-6-15(19-9-13)12-20-8-2-3-16(20)22/h4-7,9,11H,2-3,8,10,12H2,1H3. The molecule has 1 fully saturated rings. The number of carbonyl (C=O) groups excluding carboxylic acids is 2. The maximum absolute atomic E-state index is 12.0. The van der Waals surface area contributed by atoms with Gasteiger partial charge in [-0.2, -0.15) is 0 Å². The fourth-order valence-corrected chi connectivity index (χ4v) is 2.80. The van der Waals surface area contributed by atoms with Crippen molar-refractivity contribution < 1.29 is 14.3 Å². The molecule has 1 amide bonds. The molecule has 7 nitrogen and oxygen atoms in total. The van der Waals surface area contributed by atoms with Crippen molar-refractivity contribution in [2.45, 2.75) is 25.9 Å². The van der Waals surface area contributed by atoms with Gasteiger partial charge in [-0.15, -0.1) is 0 Å². The Balaban J connectivity index is 1.72. The van der Waals surface area contributed by atoms with E-state index in [0.717, 1.165) is 24.2 Å². The summed E-state index contributed by atoms with van der Waals surface area (Å²) in [6.07, 6.45) is 4.67. The first-order valence-electron chi connectivity index (χ1n) is 8.07. The van der Waals surface area contributed by atoms with Crippen molar-refractivity contribution in [1.82, 2.24) is 14.5 Å². The van der Waals surface area contributed by atoms with E-state index in [-0.39, 0.29) is 11.5 Å². The molecule has 3 rings (SSSR count). The molecule has 7 heteroatoms. The van der Waals surface area contributed by atoms with Crippen LogP contribution in [0.4, 0.5) is 0 Å². The van der Waals surface area contributed by atoms with Crippen molar-refractivity contribution in [3.63, 3.8) is 0 Å². The summed E-state index contributed by atoms with van der Waals surface area (Å²) in [5.74, 6) is -0.324. The maximum Gasteiger partial charge on any atom is 0.339 e. The Hall–Kier alpha value is -2.96. The van der Waals surface area contributed by atoms with Crippen LogP contribution >= 0.6 is 0 Å². The molecular weight excluding hydrogens is 322 g/mol. The van der Waals surface area contributed by atoms with Gasteiger partial charge in [0.1, 0.15) is 0 Å². The van der Waals surface area contributed by atoms with Crippen molar-refractivity contribution in [2.24, 2.45) is 0 Å². The summed E-state index contributed by atoms with van der Waals surface area (Å²) in [5.41, 5.74) is 1.76. The highest BCUT2D eigenvalue weighted by Crippen LogP contribution is 2.13. The fraction of sp³-hybridized carbons (Fsp3) is 0.333. The minimum Gasteiger partial charge on any atom is -0.465 e. The Morgan fingerprint density at radius 3 is 2.68 bits per heavy atom. The Morgan fingerprint density at radius 2 is 2.04 bits per heavy atom. The molecule has 0 aliphatic carbocycles. The molecule has 0 unspecified atom stereocenters. The van der Waals surface area contributed by atoms with Crippen LogP contribution < -0.4 is 5.56 Å². The summed E-state index contributed by atoms with van der Waals surface area (Å²) >= 11 is 0. The van der Waals surface area contributed by atoms with E-state index in [2.05, 4.69) is 9.72 Å². The van der Waals surface area contributed by atoms with E-state index < -0.39 is 5.97 Å². The quantitative estimate of drug-likeness (QED) is 0.763. The van der Waals surface area contributed by atoms with Crippen molar-refractivity contribution in [1.29, 1.82) is 0 Å². The summed E-state index contributed by atoms with van der Waals surface area (Å²) in [6.45, 7) is 1.59. The predicted octanol–water partition coefficient (Wildman–Crippen LogP) is 1.20.